The molecule has 0 spiro atoms. The van der Waals surface area contributed by atoms with Gasteiger partial charge in [-0.05, 0) is 38.5 Å². The molecule has 0 bridgehead atoms. The van der Waals surface area contributed by atoms with Crippen LogP contribution in [0.25, 0.3) is 0 Å². The number of aliphatic carboxylic acids is 1. The summed E-state index contributed by atoms with van der Waals surface area (Å²) in [7, 11) is -4.76. The maximum atomic E-state index is 12.4. The van der Waals surface area contributed by atoms with Crippen LogP contribution >= 0.6 is 7.82 Å². The molecular weight excluding hydrogens is 854 g/mol. The van der Waals surface area contributed by atoms with Crippen LogP contribution in [0, 0.1) is 0 Å². The second kappa shape index (κ2) is 49.6. The number of hydrogen-bond acceptors (Lipinski definition) is 8. The number of carbonyl (C=O) groups is 3. The van der Waals surface area contributed by atoms with Gasteiger partial charge in [-0.15, -0.1) is 0 Å². The van der Waals surface area contributed by atoms with E-state index in [0.717, 1.165) is 38.5 Å². The smallest absolute Gasteiger partial charge is 0.472 e. The molecule has 0 saturated carbocycles. The highest BCUT2D eigenvalue weighted by Gasteiger charge is 2.28. The zero-order chi connectivity index (χ0) is 48.4. The molecule has 0 heterocycles. The normalized spacial score (nSPS) is 13.5. The van der Waals surface area contributed by atoms with E-state index in [1.807, 2.05) is 0 Å². The molecule has 11 nitrogen and oxygen atoms in total. The number of carboxylic acid groups (broad SMARTS) is 1. The number of phosphoric ester groups is 1. The van der Waals surface area contributed by atoms with Crippen LogP contribution in [0.3, 0.4) is 0 Å². The molecule has 0 aromatic carbocycles. The Hall–Kier alpha value is -1.78. The number of allylic oxidation sites excluding steroid dienone is 2. The van der Waals surface area contributed by atoms with Crippen LogP contribution in [0.15, 0.2) is 12.2 Å². The molecule has 0 radical (unpaired) electrons. The molecule has 1 amide bonds. The minimum absolute atomic E-state index is 0.147. The van der Waals surface area contributed by atoms with Gasteiger partial charge >= 0.3 is 19.8 Å². The van der Waals surface area contributed by atoms with Crippen LogP contribution in [-0.2, 0) is 32.7 Å². The Bertz CT molecular complexity index is 1170. The third-order valence-electron chi connectivity index (χ3n) is 12.6. The van der Waals surface area contributed by atoms with Crippen LogP contribution in [0.2, 0.25) is 0 Å². The van der Waals surface area contributed by atoms with Gasteiger partial charge in [0.15, 0.2) is 6.04 Å². The Labute approximate surface area is 405 Å². The molecule has 12 heteroatoms. The fourth-order valence-corrected chi connectivity index (χ4v) is 9.03. The molecule has 0 fully saturated rings. The average molecular weight is 958 g/mol. The average Bonchev–Trinajstić information content (AvgIpc) is 3.29. The summed E-state index contributed by atoms with van der Waals surface area (Å²) in [6.07, 6.45) is 53.8. The molecule has 390 valence electrons. The van der Waals surface area contributed by atoms with Crippen LogP contribution in [0.5, 0.6) is 0 Å². The Morgan fingerprint density at radius 2 is 0.788 bits per heavy atom. The Kier molecular flexibility index (Phi) is 48.3. The minimum atomic E-state index is -4.76. The standard InChI is InChI=1S/C54H104NO10P/c1-3-5-7-9-11-13-15-17-19-21-23-24-25-26-28-30-32-34-36-38-40-42-44-46-53(58)63-47-50(56)48-64-66(61,62)65-49-51(54(59)60)55-52(57)45-43-41-39-37-35-33-31-29-27-22-20-18-16-14-12-10-8-6-4-2/h18,20,50-51,56H,3-17,19,21-49H2,1-2H3,(H,55,57)(H,59,60)(H,61,62)/b20-18+. The SMILES string of the molecule is CCCCCCCC/C=C/CCCCCCCCCCCC(=O)NC(COP(=O)(O)OCC(O)COC(=O)CCCCCCCCCCCCCCCCCCCCCCCCC)C(=O)O. The van der Waals surface area contributed by atoms with E-state index >= 15 is 0 Å². The molecule has 0 aromatic heterocycles. The van der Waals surface area contributed by atoms with Gasteiger partial charge < -0.3 is 25.2 Å². The highest BCUT2D eigenvalue weighted by atomic mass is 31.2. The van der Waals surface area contributed by atoms with E-state index in [9.17, 15) is 34.1 Å². The quantitative estimate of drug-likeness (QED) is 0.0199. The van der Waals surface area contributed by atoms with Crippen molar-refractivity contribution in [1.82, 2.24) is 5.32 Å². The van der Waals surface area contributed by atoms with Crippen molar-refractivity contribution < 1.29 is 47.8 Å². The lowest BCUT2D eigenvalue weighted by Gasteiger charge is -2.18. The molecule has 0 aromatic rings. The topological polar surface area (TPSA) is 169 Å². The van der Waals surface area contributed by atoms with E-state index in [0.29, 0.717) is 12.8 Å². The van der Waals surface area contributed by atoms with Gasteiger partial charge in [0.1, 0.15) is 12.7 Å². The number of ether oxygens (including phenoxy) is 1. The van der Waals surface area contributed by atoms with Crippen molar-refractivity contribution in [3.05, 3.63) is 12.2 Å². The molecule has 0 aliphatic carbocycles. The number of nitrogens with one attached hydrogen (secondary N) is 1. The number of amides is 1. The van der Waals surface area contributed by atoms with Crippen molar-refractivity contribution in [2.24, 2.45) is 0 Å². The van der Waals surface area contributed by atoms with Crippen molar-refractivity contribution in [3.63, 3.8) is 0 Å². The Balaban J connectivity index is 3.75. The molecule has 0 aliphatic rings. The summed E-state index contributed by atoms with van der Waals surface area (Å²) in [5, 5.41) is 22.0. The number of phosphoric acid groups is 1. The van der Waals surface area contributed by atoms with Gasteiger partial charge in [-0.25, -0.2) is 9.36 Å². The first-order chi connectivity index (χ1) is 32.1. The van der Waals surface area contributed by atoms with Crippen LogP contribution < -0.4 is 5.32 Å². The number of aliphatic hydroxyl groups excluding tert-OH is 1. The maximum absolute atomic E-state index is 12.4. The van der Waals surface area contributed by atoms with E-state index in [4.69, 9.17) is 13.8 Å². The highest BCUT2D eigenvalue weighted by Crippen LogP contribution is 2.43. The first kappa shape index (κ1) is 64.2. The van der Waals surface area contributed by atoms with E-state index in [1.165, 1.54) is 205 Å². The fourth-order valence-electron chi connectivity index (χ4n) is 8.26. The number of aliphatic hydroxyl groups is 1. The number of carboxylic acids is 1. The molecule has 0 aliphatic heterocycles. The molecule has 3 unspecified atom stereocenters. The van der Waals surface area contributed by atoms with Gasteiger partial charge in [0.05, 0.1) is 13.2 Å². The minimum Gasteiger partial charge on any atom is -0.480 e. The maximum Gasteiger partial charge on any atom is 0.472 e. The summed E-state index contributed by atoms with van der Waals surface area (Å²) < 4.78 is 27.0. The monoisotopic (exact) mass is 958 g/mol. The molecule has 0 saturated heterocycles. The van der Waals surface area contributed by atoms with Crippen molar-refractivity contribution in [3.8, 4) is 0 Å². The van der Waals surface area contributed by atoms with Crippen LogP contribution in [-0.4, -0.2) is 64.9 Å². The lowest BCUT2D eigenvalue weighted by atomic mass is 10.0. The summed E-state index contributed by atoms with van der Waals surface area (Å²) in [5.74, 6) is -2.35. The first-order valence-corrected chi connectivity index (χ1v) is 29.2. The summed E-state index contributed by atoms with van der Waals surface area (Å²) in [5.41, 5.74) is 0. The zero-order valence-electron chi connectivity index (χ0n) is 42.8. The summed E-state index contributed by atoms with van der Waals surface area (Å²) in [6.45, 7) is 2.65. The lowest BCUT2D eigenvalue weighted by Crippen LogP contribution is -2.43. The second-order valence-electron chi connectivity index (χ2n) is 19.1. The predicted molar refractivity (Wildman–Crippen MR) is 273 cm³/mol. The van der Waals surface area contributed by atoms with Crippen molar-refractivity contribution in [2.75, 3.05) is 19.8 Å². The zero-order valence-corrected chi connectivity index (χ0v) is 43.7. The number of unbranched alkanes of at least 4 members (excludes halogenated alkanes) is 37. The van der Waals surface area contributed by atoms with Gasteiger partial charge in [-0.2, -0.15) is 0 Å². The third kappa shape index (κ3) is 48.7. The van der Waals surface area contributed by atoms with Gasteiger partial charge in [0.25, 0.3) is 0 Å². The second-order valence-corrected chi connectivity index (χ2v) is 20.6. The van der Waals surface area contributed by atoms with Crippen LogP contribution in [0.4, 0.5) is 0 Å². The van der Waals surface area contributed by atoms with E-state index in [1.54, 1.807) is 0 Å². The summed E-state index contributed by atoms with van der Waals surface area (Å²) >= 11 is 0. The molecule has 66 heavy (non-hydrogen) atoms. The summed E-state index contributed by atoms with van der Waals surface area (Å²) in [4.78, 5) is 46.2. The first-order valence-electron chi connectivity index (χ1n) is 27.7. The van der Waals surface area contributed by atoms with Crippen molar-refractivity contribution in [2.45, 2.75) is 296 Å². The van der Waals surface area contributed by atoms with Crippen molar-refractivity contribution in [1.29, 1.82) is 0 Å². The molecule has 3 atom stereocenters. The van der Waals surface area contributed by atoms with E-state index in [2.05, 4.69) is 31.3 Å². The van der Waals surface area contributed by atoms with E-state index in [-0.39, 0.29) is 12.8 Å². The predicted octanol–water partition coefficient (Wildman–Crippen LogP) is 15.6. The fraction of sp³-hybridized carbons (Fsp3) is 0.907. The molecule has 0 rings (SSSR count). The number of carbonyl (C=O) groups excluding carboxylic acids is 2. The van der Waals surface area contributed by atoms with E-state index < -0.39 is 57.6 Å². The number of rotatable bonds is 53. The van der Waals surface area contributed by atoms with Gasteiger partial charge in [0.2, 0.25) is 5.91 Å². The molecule has 4 N–H and O–H groups in total. The van der Waals surface area contributed by atoms with Crippen molar-refractivity contribution >= 4 is 25.7 Å². The Morgan fingerprint density at radius 3 is 1.15 bits per heavy atom. The molecular formula is C54H104NO10P. The third-order valence-corrected chi connectivity index (χ3v) is 13.5. The van der Waals surface area contributed by atoms with Crippen LogP contribution in [0.1, 0.15) is 284 Å². The summed E-state index contributed by atoms with van der Waals surface area (Å²) in [6, 6.07) is -1.54. The van der Waals surface area contributed by atoms with Gasteiger partial charge in [0, 0.05) is 12.8 Å². The van der Waals surface area contributed by atoms with Gasteiger partial charge in [-0.1, -0.05) is 244 Å². The lowest BCUT2D eigenvalue weighted by molar-refractivity contribution is -0.147. The number of esters is 1. The number of hydrogen-bond donors (Lipinski definition) is 4. The highest BCUT2D eigenvalue weighted by molar-refractivity contribution is 7.47. The van der Waals surface area contributed by atoms with Gasteiger partial charge in [-0.3, -0.25) is 18.6 Å². The largest absolute Gasteiger partial charge is 0.480 e. The Morgan fingerprint density at radius 1 is 0.470 bits per heavy atom.